The Morgan fingerprint density at radius 1 is 0.304 bits per heavy atom. The maximum Gasteiger partial charge on any atom is 0.306 e. The van der Waals surface area contributed by atoms with E-state index in [1.54, 1.807) is 0 Å². The molecule has 0 aromatic heterocycles. The number of carbonyl (C=O) groups is 3. The van der Waals surface area contributed by atoms with E-state index in [1.165, 1.54) is 51.4 Å². The summed E-state index contributed by atoms with van der Waals surface area (Å²) < 4.78 is 16.8. The van der Waals surface area contributed by atoms with Crippen LogP contribution in [0.1, 0.15) is 226 Å². The summed E-state index contributed by atoms with van der Waals surface area (Å²) >= 11 is 0. The summed E-state index contributed by atoms with van der Waals surface area (Å²) in [6.45, 7) is 6.31. The highest BCUT2D eigenvalue weighted by Crippen LogP contribution is 2.12. The molecule has 388 valence electrons. The largest absolute Gasteiger partial charge is 0.462 e. The Morgan fingerprint density at radius 2 is 0.565 bits per heavy atom. The van der Waals surface area contributed by atoms with E-state index in [9.17, 15) is 14.4 Å². The molecule has 6 nitrogen and oxygen atoms in total. The van der Waals surface area contributed by atoms with Gasteiger partial charge in [-0.25, -0.2) is 0 Å². The lowest BCUT2D eigenvalue weighted by atomic mass is 10.1. The first-order chi connectivity index (χ1) is 34.0. The van der Waals surface area contributed by atoms with Gasteiger partial charge in [-0.2, -0.15) is 0 Å². The Hall–Kier alpha value is -4.45. The van der Waals surface area contributed by atoms with Crippen LogP contribution in [0.15, 0.2) is 134 Å². The normalized spacial score (nSPS) is 13.1. The summed E-state index contributed by atoms with van der Waals surface area (Å²) in [5, 5.41) is 0. The van der Waals surface area contributed by atoms with Gasteiger partial charge in [0.05, 0.1) is 0 Å². The summed E-state index contributed by atoms with van der Waals surface area (Å²) in [5.41, 5.74) is 0. The highest BCUT2D eigenvalue weighted by atomic mass is 16.6. The third-order valence-electron chi connectivity index (χ3n) is 11.1. The predicted octanol–water partition coefficient (Wildman–Crippen LogP) is 18.6. The van der Waals surface area contributed by atoms with Crippen molar-refractivity contribution >= 4 is 17.9 Å². The molecule has 69 heavy (non-hydrogen) atoms. The minimum Gasteiger partial charge on any atom is -0.462 e. The van der Waals surface area contributed by atoms with Gasteiger partial charge in [0.15, 0.2) is 6.10 Å². The van der Waals surface area contributed by atoms with Gasteiger partial charge in [-0.05, 0) is 135 Å². The van der Waals surface area contributed by atoms with Gasteiger partial charge < -0.3 is 14.2 Å². The zero-order valence-electron chi connectivity index (χ0n) is 44.3. The smallest absolute Gasteiger partial charge is 0.306 e. The van der Waals surface area contributed by atoms with Crippen LogP contribution in [0.25, 0.3) is 0 Å². The number of rotatable bonds is 48. The first kappa shape index (κ1) is 64.5. The van der Waals surface area contributed by atoms with Crippen LogP contribution in [0.3, 0.4) is 0 Å². The van der Waals surface area contributed by atoms with Crippen LogP contribution < -0.4 is 0 Å². The van der Waals surface area contributed by atoms with Crippen molar-refractivity contribution in [3.05, 3.63) is 134 Å². The van der Waals surface area contributed by atoms with Crippen molar-refractivity contribution in [3.63, 3.8) is 0 Å². The highest BCUT2D eigenvalue weighted by Gasteiger charge is 2.19. The molecule has 1 atom stereocenters. The Bertz CT molecular complexity index is 1510. The van der Waals surface area contributed by atoms with E-state index in [0.29, 0.717) is 19.3 Å². The molecule has 0 aromatic rings. The van der Waals surface area contributed by atoms with E-state index >= 15 is 0 Å². The monoisotopic (exact) mass is 953 g/mol. The lowest BCUT2D eigenvalue weighted by Crippen LogP contribution is -2.30. The number of unbranched alkanes of at least 4 members (excludes halogenated alkanes) is 15. The second-order valence-electron chi connectivity index (χ2n) is 17.7. The van der Waals surface area contributed by atoms with Crippen LogP contribution in [0.4, 0.5) is 0 Å². The quantitative estimate of drug-likeness (QED) is 0.0262. The molecule has 0 N–H and O–H groups in total. The number of carbonyl (C=O) groups excluding carboxylic acids is 3. The minimum atomic E-state index is -0.826. The topological polar surface area (TPSA) is 78.9 Å². The minimum absolute atomic E-state index is 0.117. The van der Waals surface area contributed by atoms with Crippen LogP contribution in [-0.2, 0) is 28.6 Å². The SMILES string of the molecule is CC/C=C\C/C=C\C/C=C\C/C=C\C/C=C\C/C=C\CCCCC(=O)OCC(COC(=O)CCCCCCC/C=C\CCCCCCCC)OC(=O)CCCC/C=C\C/C=C\C/C=C\C/C=C\CC. The van der Waals surface area contributed by atoms with Crippen molar-refractivity contribution in [2.75, 3.05) is 13.2 Å². The molecule has 6 heteroatoms. The van der Waals surface area contributed by atoms with Crippen LogP contribution in [-0.4, -0.2) is 37.2 Å². The molecule has 0 heterocycles. The van der Waals surface area contributed by atoms with Crippen molar-refractivity contribution in [2.45, 2.75) is 232 Å². The number of esters is 3. The fraction of sp³-hybridized carbons (Fsp3) is 0.603. The van der Waals surface area contributed by atoms with Gasteiger partial charge in [-0.15, -0.1) is 0 Å². The second-order valence-corrected chi connectivity index (χ2v) is 17.7. The first-order valence-corrected chi connectivity index (χ1v) is 27.7. The van der Waals surface area contributed by atoms with Gasteiger partial charge in [-0.1, -0.05) is 206 Å². The van der Waals surface area contributed by atoms with Gasteiger partial charge in [0.2, 0.25) is 0 Å². The average molecular weight is 953 g/mol. The molecule has 0 amide bonds. The van der Waals surface area contributed by atoms with Gasteiger partial charge in [0.1, 0.15) is 13.2 Å². The first-order valence-electron chi connectivity index (χ1n) is 27.7. The van der Waals surface area contributed by atoms with Gasteiger partial charge >= 0.3 is 17.9 Å². The fourth-order valence-electron chi connectivity index (χ4n) is 7.02. The summed E-state index contributed by atoms with van der Waals surface area (Å²) in [5.74, 6) is -1.02. The predicted molar refractivity (Wildman–Crippen MR) is 297 cm³/mol. The summed E-state index contributed by atoms with van der Waals surface area (Å²) in [4.78, 5) is 38.1. The third-order valence-corrected chi connectivity index (χ3v) is 11.1. The summed E-state index contributed by atoms with van der Waals surface area (Å²) in [6.07, 6.45) is 78.7. The molecule has 0 saturated heterocycles. The zero-order chi connectivity index (χ0) is 50.0. The van der Waals surface area contributed by atoms with E-state index in [4.69, 9.17) is 14.2 Å². The standard InChI is InChI=1S/C63H100O6/c1-4-7-10-13-16-19-22-25-28-29-30-31-32-33-36-38-41-44-47-50-53-56-62(65)68-59-60(69-63(66)57-54-51-48-45-42-39-35-27-24-21-18-15-12-9-6-3)58-67-61(64)55-52-49-46-43-40-37-34-26-23-20-17-14-11-8-5-2/h7,9-10,12,16,18-19,21,25-28,30-31,33-36,41-42,44-45,60H,4-6,8,11,13-15,17,20,22-24,29,32,37-40,43,46-59H2,1-3H3/b10-7-,12-9-,19-16-,21-18-,28-25-,31-30-,34-26-,35-27-,36-33-,44-41-,45-42-. The van der Waals surface area contributed by atoms with Crippen LogP contribution >= 0.6 is 0 Å². The number of allylic oxidation sites excluding steroid dienone is 22. The van der Waals surface area contributed by atoms with Gasteiger partial charge in [0, 0.05) is 19.3 Å². The lowest BCUT2D eigenvalue weighted by Gasteiger charge is -2.18. The zero-order valence-corrected chi connectivity index (χ0v) is 44.3. The molecule has 0 bridgehead atoms. The second kappa shape index (κ2) is 56.1. The van der Waals surface area contributed by atoms with Gasteiger partial charge in [0.25, 0.3) is 0 Å². The molecule has 1 unspecified atom stereocenters. The molecule has 0 aliphatic carbocycles. The maximum absolute atomic E-state index is 12.8. The molecule has 0 saturated carbocycles. The highest BCUT2D eigenvalue weighted by molar-refractivity contribution is 5.71. The van der Waals surface area contributed by atoms with Crippen molar-refractivity contribution in [2.24, 2.45) is 0 Å². The molecule has 0 aliphatic rings. The van der Waals surface area contributed by atoms with Crippen molar-refractivity contribution in [1.82, 2.24) is 0 Å². The lowest BCUT2D eigenvalue weighted by molar-refractivity contribution is -0.167. The molecule has 0 aromatic carbocycles. The third kappa shape index (κ3) is 54.4. The molecule has 0 spiro atoms. The average Bonchev–Trinajstić information content (AvgIpc) is 3.35. The van der Waals surface area contributed by atoms with Crippen LogP contribution in [0, 0.1) is 0 Å². The molecule has 0 radical (unpaired) electrons. The van der Waals surface area contributed by atoms with E-state index in [1.807, 2.05) is 0 Å². The van der Waals surface area contributed by atoms with Crippen LogP contribution in [0.2, 0.25) is 0 Å². The summed E-state index contributed by atoms with van der Waals surface area (Å²) in [6, 6.07) is 0. The molecular weight excluding hydrogens is 853 g/mol. The maximum atomic E-state index is 12.8. The molecule has 0 aliphatic heterocycles. The van der Waals surface area contributed by atoms with Gasteiger partial charge in [-0.3, -0.25) is 14.4 Å². The van der Waals surface area contributed by atoms with E-state index in [0.717, 1.165) is 122 Å². The number of hydrogen-bond donors (Lipinski definition) is 0. The fourth-order valence-corrected chi connectivity index (χ4v) is 7.02. The van der Waals surface area contributed by atoms with E-state index in [2.05, 4.69) is 154 Å². The molecule has 0 rings (SSSR count). The Morgan fingerprint density at radius 3 is 0.928 bits per heavy atom. The van der Waals surface area contributed by atoms with E-state index in [-0.39, 0.29) is 44.0 Å². The molecule has 0 fully saturated rings. The number of hydrogen-bond acceptors (Lipinski definition) is 6. The van der Waals surface area contributed by atoms with E-state index < -0.39 is 6.10 Å². The summed E-state index contributed by atoms with van der Waals surface area (Å²) in [7, 11) is 0. The van der Waals surface area contributed by atoms with Crippen molar-refractivity contribution in [3.8, 4) is 0 Å². The van der Waals surface area contributed by atoms with Crippen molar-refractivity contribution < 1.29 is 28.6 Å². The number of ether oxygens (including phenoxy) is 3. The van der Waals surface area contributed by atoms with Crippen LogP contribution in [0.5, 0.6) is 0 Å². The Kier molecular flexibility index (Phi) is 52.5. The van der Waals surface area contributed by atoms with Crippen molar-refractivity contribution in [1.29, 1.82) is 0 Å². The molecular formula is C63H100O6. The Balaban J connectivity index is 4.55. The Labute approximate surface area is 424 Å².